The lowest BCUT2D eigenvalue weighted by molar-refractivity contribution is -0.121. The van der Waals surface area contributed by atoms with Crippen molar-refractivity contribution in [2.75, 3.05) is 11.9 Å². The number of hydrogen-bond acceptors (Lipinski definition) is 4. The zero-order valence-electron chi connectivity index (χ0n) is 13.2. The van der Waals surface area contributed by atoms with E-state index in [0.29, 0.717) is 12.4 Å². The third kappa shape index (κ3) is 3.09. The van der Waals surface area contributed by atoms with E-state index in [-0.39, 0.29) is 11.8 Å². The van der Waals surface area contributed by atoms with Crippen molar-refractivity contribution in [3.05, 3.63) is 35.4 Å². The summed E-state index contributed by atoms with van der Waals surface area (Å²) < 4.78 is 1.85. The highest BCUT2D eigenvalue weighted by molar-refractivity contribution is 5.92. The molecule has 0 N–H and O–H groups in total. The van der Waals surface area contributed by atoms with Crippen LogP contribution < -0.4 is 4.90 Å². The first-order valence-corrected chi connectivity index (χ1v) is 6.95. The number of carbonyl (C=O) groups is 1. The first kappa shape index (κ1) is 15.2. The van der Waals surface area contributed by atoms with Gasteiger partial charge >= 0.3 is 0 Å². The lowest BCUT2D eigenvalue weighted by Gasteiger charge is -2.19. The lowest BCUT2D eigenvalue weighted by Crippen LogP contribution is -2.33. The van der Waals surface area contributed by atoms with Gasteiger partial charge in [0.2, 0.25) is 11.9 Å². The minimum Gasteiger partial charge on any atom is -0.284 e. The summed E-state index contributed by atoms with van der Waals surface area (Å²) in [6, 6.07) is 1.73. The van der Waals surface area contributed by atoms with E-state index >= 15 is 0 Å². The fraction of sp³-hybridized carbons (Fsp3) is 0.467. The van der Waals surface area contributed by atoms with Crippen molar-refractivity contribution in [3.8, 4) is 0 Å². The Balaban J connectivity index is 2.13. The topological polar surface area (TPSA) is 63.9 Å². The molecule has 1 atom stereocenters. The Hall–Kier alpha value is -2.24. The van der Waals surface area contributed by atoms with E-state index in [4.69, 9.17) is 0 Å². The maximum atomic E-state index is 12.5. The molecule has 0 saturated carbocycles. The van der Waals surface area contributed by atoms with E-state index in [1.54, 1.807) is 25.5 Å². The van der Waals surface area contributed by atoms with Crippen LogP contribution in [-0.2, 0) is 18.3 Å². The van der Waals surface area contributed by atoms with Gasteiger partial charge in [-0.25, -0.2) is 9.97 Å². The molecule has 6 heteroatoms. The molecule has 0 radical (unpaired) electrons. The highest BCUT2D eigenvalue weighted by atomic mass is 16.2. The SMILES string of the molecule is Cc1nn(C)c(C)c1CC(C)C(=O)N(C)c1ncccn1. The Morgan fingerprint density at radius 1 is 1.33 bits per heavy atom. The highest BCUT2D eigenvalue weighted by Gasteiger charge is 2.23. The van der Waals surface area contributed by atoms with Gasteiger partial charge < -0.3 is 0 Å². The predicted molar refractivity (Wildman–Crippen MR) is 81.0 cm³/mol. The van der Waals surface area contributed by atoms with Crippen LogP contribution >= 0.6 is 0 Å². The first-order chi connectivity index (χ1) is 9.91. The van der Waals surface area contributed by atoms with Gasteiger partial charge in [0.05, 0.1) is 5.69 Å². The second kappa shape index (κ2) is 6.03. The predicted octanol–water partition coefficient (Wildman–Crippen LogP) is 1.67. The molecule has 2 aromatic heterocycles. The fourth-order valence-corrected chi connectivity index (χ4v) is 2.40. The Bertz CT molecular complexity index is 635. The lowest BCUT2D eigenvalue weighted by atomic mass is 9.98. The van der Waals surface area contributed by atoms with Crippen LogP contribution in [0.4, 0.5) is 5.95 Å². The molecule has 0 aromatic carbocycles. The number of aryl methyl sites for hydroxylation is 2. The summed E-state index contributed by atoms with van der Waals surface area (Å²) in [6.45, 7) is 5.92. The third-order valence-electron chi connectivity index (χ3n) is 3.77. The van der Waals surface area contributed by atoms with Crippen molar-refractivity contribution >= 4 is 11.9 Å². The van der Waals surface area contributed by atoms with Crippen LogP contribution in [0.3, 0.4) is 0 Å². The number of carbonyl (C=O) groups excluding carboxylic acids is 1. The smallest absolute Gasteiger partial charge is 0.232 e. The van der Waals surface area contributed by atoms with E-state index in [0.717, 1.165) is 17.0 Å². The van der Waals surface area contributed by atoms with Crippen molar-refractivity contribution in [1.29, 1.82) is 0 Å². The Morgan fingerprint density at radius 2 is 1.95 bits per heavy atom. The second-order valence-electron chi connectivity index (χ2n) is 5.32. The van der Waals surface area contributed by atoms with Gasteiger partial charge in [-0.2, -0.15) is 5.10 Å². The molecule has 2 heterocycles. The maximum absolute atomic E-state index is 12.5. The number of nitrogens with zero attached hydrogens (tertiary/aromatic N) is 5. The molecule has 0 bridgehead atoms. The molecular weight excluding hydrogens is 266 g/mol. The van der Waals surface area contributed by atoms with Gasteiger partial charge in [-0.15, -0.1) is 0 Å². The van der Waals surface area contributed by atoms with Crippen molar-refractivity contribution in [2.45, 2.75) is 27.2 Å². The first-order valence-electron chi connectivity index (χ1n) is 6.95. The molecule has 0 aliphatic rings. The molecule has 0 saturated heterocycles. The molecule has 0 aliphatic heterocycles. The van der Waals surface area contributed by atoms with Crippen LogP contribution in [0.15, 0.2) is 18.5 Å². The summed E-state index contributed by atoms with van der Waals surface area (Å²) in [6.07, 6.45) is 3.93. The Labute approximate surface area is 124 Å². The Kier molecular flexibility index (Phi) is 4.35. The zero-order chi connectivity index (χ0) is 15.6. The quantitative estimate of drug-likeness (QED) is 0.858. The summed E-state index contributed by atoms with van der Waals surface area (Å²) in [7, 11) is 3.62. The van der Waals surface area contributed by atoms with Crippen LogP contribution in [0.2, 0.25) is 0 Å². The number of anilines is 1. The molecule has 6 nitrogen and oxygen atoms in total. The molecule has 112 valence electrons. The molecule has 1 amide bonds. The number of rotatable bonds is 4. The molecular formula is C15H21N5O. The maximum Gasteiger partial charge on any atom is 0.232 e. The van der Waals surface area contributed by atoms with E-state index < -0.39 is 0 Å². The normalized spacial score (nSPS) is 12.2. The van der Waals surface area contributed by atoms with E-state index in [9.17, 15) is 4.79 Å². The monoisotopic (exact) mass is 287 g/mol. The highest BCUT2D eigenvalue weighted by Crippen LogP contribution is 2.19. The third-order valence-corrected chi connectivity index (χ3v) is 3.77. The molecule has 2 aromatic rings. The largest absolute Gasteiger partial charge is 0.284 e. The summed E-state index contributed by atoms with van der Waals surface area (Å²) in [4.78, 5) is 22.2. The summed E-state index contributed by atoms with van der Waals surface area (Å²) in [5.41, 5.74) is 3.22. The second-order valence-corrected chi connectivity index (χ2v) is 5.32. The van der Waals surface area contributed by atoms with Crippen LogP contribution in [0.25, 0.3) is 0 Å². The summed E-state index contributed by atoms with van der Waals surface area (Å²) in [5.74, 6) is 0.276. The number of amides is 1. The van der Waals surface area contributed by atoms with Gasteiger partial charge in [-0.05, 0) is 31.9 Å². The minimum atomic E-state index is -0.152. The van der Waals surface area contributed by atoms with Gasteiger partial charge in [-0.3, -0.25) is 14.4 Å². The minimum absolute atomic E-state index is 0.00357. The van der Waals surface area contributed by atoms with E-state index in [1.807, 2.05) is 32.5 Å². The van der Waals surface area contributed by atoms with Crippen LogP contribution in [0.1, 0.15) is 23.9 Å². The van der Waals surface area contributed by atoms with Gasteiger partial charge in [-0.1, -0.05) is 6.92 Å². The summed E-state index contributed by atoms with van der Waals surface area (Å²) in [5, 5.41) is 4.39. The van der Waals surface area contributed by atoms with Gasteiger partial charge in [0.15, 0.2) is 0 Å². The average molecular weight is 287 g/mol. The van der Waals surface area contributed by atoms with Crippen LogP contribution in [0, 0.1) is 19.8 Å². The van der Waals surface area contributed by atoms with E-state index in [1.165, 1.54) is 4.90 Å². The zero-order valence-corrected chi connectivity index (χ0v) is 13.2. The van der Waals surface area contributed by atoms with Crippen molar-refractivity contribution in [1.82, 2.24) is 19.7 Å². The van der Waals surface area contributed by atoms with Crippen molar-refractivity contribution in [2.24, 2.45) is 13.0 Å². The molecule has 1 unspecified atom stereocenters. The van der Waals surface area contributed by atoms with Crippen molar-refractivity contribution in [3.63, 3.8) is 0 Å². The fourth-order valence-electron chi connectivity index (χ4n) is 2.40. The van der Waals surface area contributed by atoms with Gasteiger partial charge in [0.25, 0.3) is 0 Å². The van der Waals surface area contributed by atoms with E-state index in [2.05, 4.69) is 15.1 Å². The van der Waals surface area contributed by atoms with Crippen LogP contribution in [-0.4, -0.2) is 32.7 Å². The van der Waals surface area contributed by atoms with Gasteiger partial charge in [0, 0.05) is 38.1 Å². The molecule has 2 rings (SSSR count). The standard InChI is InChI=1S/C15H21N5O/c1-10(9-13-11(2)18-20(5)12(13)3)14(21)19(4)15-16-7-6-8-17-15/h6-8,10H,9H2,1-5H3. The average Bonchev–Trinajstić information content (AvgIpc) is 2.73. The molecule has 0 spiro atoms. The molecule has 0 fully saturated rings. The molecule has 21 heavy (non-hydrogen) atoms. The van der Waals surface area contributed by atoms with Crippen LogP contribution in [0.5, 0.6) is 0 Å². The summed E-state index contributed by atoms with van der Waals surface area (Å²) >= 11 is 0. The molecule has 0 aliphatic carbocycles. The van der Waals surface area contributed by atoms with Gasteiger partial charge in [0.1, 0.15) is 0 Å². The number of hydrogen-bond donors (Lipinski definition) is 0. The number of aromatic nitrogens is 4. The van der Waals surface area contributed by atoms with Crippen molar-refractivity contribution < 1.29 is 4.79 Å². The Morgan fingerprint density at radius 3 is 2.48 bits per heavy atom.